The summed E-state index contributed by atoms with van der Waals surface area (Å²) in [7, 11) is 4.09. The maximum Gasteiger partial charge on any atom is 0.143 e. The van der Waals surface area contributed by atoms with Crippen LogP contribution >= 0.6 is 0 Å². The fourth-order valence-corrected chi connectivity index (χ4v) is 2.50. The number of nitrogens with zero attached hydrogens (tertiary/aromatic N) is 3. The summed E-state index contributed by atoms with van der Waals surface area (Å²) in [4.78, 5) is 12.5. The molecule has 4 heteroatoms. The molecule has 0 spiro atoms. The molecule has 0 amide bonds. The van der Waals surface area contributed by atoms with E-state index in [9.17, 15) is 0 Å². The Hall–Kier alpha value is -2.49. The summed E-state index contributed by atoms with van der Waals surface area (Å²) in [6.07, 6.45) is 0.875. The first kappa shape index (κ1) is 14.4. The van der Waals surface area contributed by atoms with Crippen LogP contribution in [0.15, 0.2) is 48.5 Å². The molecule has 0 unspecified atom stereocenters. The van der Waals surface area contributed by atoms with Crippen LogP contribution in [0.25, 0.3) is 11.0 Å². The zero-order valence-electron chi connectivity index (χ0n) is 13.3. The number of anilines is 1. The van der Waals surface area contributed by atoms with Crippen molar-refractivity contribution < 1.29 is 4.84 Å². The summed E-state index contributed by atoms with van der Waals surface area (Å²) >= 11 is 0. The van der Waals surface area contributed by atoms with Crippen molar-refractivity contribution in [2.75, 3.05) is 25.6 Å². The van der Waals surface area contributed by atoms with Crippen LogP contribution in [0.1, 0.15) is 11.4 Å². The van der Waals surface area contributed by atoms with Crippen molar-refractivity contribution >= 4 is 16.7 Å². The highest BCUT2D eigenvalue weighted by molar-refractivity contribution is 5.75. The molecule has 22 heavy (non-hydrogen) atoms. The number of para-hydroxylation sites is 2. The Morgan fingerprint density at radius 1 is 1.05 bits per heavy atom. The molecule has 0 aliphatic carbocycles. The van der Waals surface area contributed by atoms with Crippen molar-refractivity contribution in [3.05, 3.63) is 59.9 Å². The van der Waals surface area contributed by atoms with Gasteiger partial charge in [0, 0.05) is 26.2 Å². The predicted molar refractivity (Wildman–Crippen MR) is 90.4 cm³/mol. The number of hydrogen-bond acceptors (Lipinski definition) is 3. The topological polar surface area (TPSA) is 30.3 Å². The normalized spacial score (nSPS) is 10.9. The summed E-state index contributed by atoms with van der Waals surface area (Å²) in [6, 6.07) is 16.6. The first-order valence-corrected chi connectivity index (χ1v) is 7.49. The highest BCUT2D eigenvalue weighted by Crippen LogP contribution is 2.15. The van der Waals surface area contributed by atoms with E-state index in [1.54, 1.807) is 0 Å². The molecular formula is C18H21N3O. The van der Waals surface area contributed by atoms with Crippen molar-refractivity contribution in [3.63, 3.8) is 0 Å². The number of imidazole rings is 1. The van der Waals surface area contributed by atoms with Crippen LogP contribution in [0.4, 0.5) is 5.69 Å². The van der Waals surface area contributed by atoms with Gasteiger partial charge < -0.3 is 9.74 Å². The number of benzene rings is 2. The van der Waals surface area contributed by atoms with Gasteiger partial charge in [0.2, 0.25) is 0 Å². The maximum atomic E-state index is 5.92. The molecule has 4 nitrogen and oxygen atoms in total. The van der Waals surface area contributed by atoms with E-state index >= 15 is 0 Å². The fourth-order valence-electron chi connectivity index (χ4n) is 2.50. The minimum Gasteiger partial charge on any atom is -0.412 e. The third kappa shape index (κ3) is 2.91. The Balaban J connectivity index is 1.66. The number of aryl methyl sites for hydroxylation is 1. The second-order valence-corrected chi connectivity index (χ2v) is 5.59. The van der Waals surface area contributed by atoms with E-state index in [4.69, 9.17) is 4.84 Å². The molecule has 1 heterocycles. The average Bonchev–Trinajstić information content (AvgIpc) is 2.84. The lowest BCUT2D eigenvalue weighted by molar-refractivity contribution is 0.117. The molecule has 114 valence electrons. The molecule has 0 N–H and O–H groups in total. The van der Waals surface area contributed by atoms with E-state index in [1.165, 1.54) is 11.3 Å². The van der Waals surface area contributed by atoms with Crippen molar-refractivity contribution in [2.24, 2.45) is 0 Å². The van der Waals surface area contributed by atoms with Crippen LogP contribution in [0.2, 0.25) is 0 Å². The van der Waals surface area contributed by atoms with Gasteiger partial charge in [0.25, 0.3) is 0 Å². The van der Waals surface area contributed by atoms with E-state index in [0.29, 0.717) is 6.61 Å². The first-order chi connectivity index (χ1) is 10.6. The Morgan fingerprint density at radius 3 is 2.50 bits per heavy atom. The van der Waals surface area contributed by atoms with Crippen LogP contribution in [0, 0.1) is 6.92 Å². The van der Waals surface area contributed by atoms with Gasteiger partial charge in [-0.15, -0.1) is 0 Å². The van der Waals surface area contributed by atoms with Gasteiger partial charge in [0.15, 0.2) is 0 Å². The molecule has 0 saturated heterocycles. The number of hydrogen-bond donors (Lipinski definition) is 0. The Labute approximate surface area is 130 Å². The largest absolute Gasteiger partial charge is 0.412 e. The summed E-state index contributed by atoms with van der Waals surface area (Å²) < 4.78 is 1.82. The summed E-state index contributed by atoms with van der Waals surface area (Å²) in [5.41, 5.74) is 4.46. The van der Waals surface area contributed by atoms with Gasteiger partial charge >= 0.3 is 0 Å². The van der Waals surface area contributed by atoms with Crippen LogP contribution < -0.4 is 9.74 Å². The smallest absolute Gasteiger partial charge is 0.143 e. The SMILES string of the molecule is Cc1nc2ccccc2n1OCCc1ccc(N(C)C)cc1. The van der Waals surface area contributed by atoms with Crippen LogP contribution in [-0.4, -0.2) is 30.4 Å². The first-order valence-electron chi connectivity index (χ1n) is 7.49. The predicted octanol–water partition coefficient (Wildman–Crippen LogP) is 3.08. The second kappa shape index (κ2) is 6.10. The molecule has 1 aromatic heterocycles. The van der Waals surface area contributed by atoms with Crippen molar-refractivity contribution in [2.45, 2.75) is 13.3 Å². The standard InChI is InChI=1S/C18H21N3O/c1-14-19-17-6-4-5-7-18(17)21(14)22-13-12-15-8-10-16(11-9-15)20(2)3/h4-11H,12-13H2,1-3H3. The Morgan fingerprint density at radius 2 is 1.77 bits per heavy atom. The lowest BCUT2D eigenvalue weighted by Gasteiger charge is -2.13. The Bertz CT molecular complexity index is 760. The highest BCUT2D eigenvalue weighted by Gasteiger charge is 2.07. The van der Waals surface area contributed by atoms with Crippen molar-refractivity contribution in [1.82, 2.24) is 9.71 Å². The van der Waals surface area contributed by atoms with E-state index < -0.39 is 0 Å². The van der Waals surface area contributed by atoms with E-state index in [-0.39, 0.29) is 0 Å². The zero-order valence-corrected chi connectivity index (χ0v) is 13.3. The molecule has 3 rings (SSSR count). The molecule has 2 aromatic carbocycles. The molecular weight excluding hydrogens is 274 g/mol. The summed E-state index contributed by atoms with van der Waals surface area (Å²) in [5, 5.41) is 0. The summed E-state index contributed by atoms with van der Waals surface area (Å²) in [6.45, 7) is 2.59. The minimum atomic E-state index is 0.627. The summed E-state index contributed by atoms with van der Waals surface area (Å²) in [5.74, 6) is 0.879. The molecule has 0 aliphatic rings. The fraction of sp³-hybridized carbons (Fsp3) is 0.278. The van der Waals surface area contributed by atoms with Crippen LogP contribution in [0.3, 0.4) is 0 Å². The maximum absolute atomic E-state index is 5.92. The molecule has 0 saturated carbocycles. The van der Waals surface area contributed by atoms with E-state index in [2.05, 4.69) is 34.1 Å². The monoisotopic (exact) mass is 295 g/mol. The quantitative estimate of drug-likeness (QED) is 0.724. The van der Waals surface area contributed by atoms with Gasteiger partial charge in [-0.2, -0.15) is 4.73 Å². The minimum absolute atomic E-state index is 0.627. The van der Waals surface area contributed by atoms with Gasteiger partial charge in [-0.3, -0.25) is 0 Å². The van der Waals surface area contributed by atoms with Crippen LogP contribution in [0.5, 0.6) is 0 Å². The third-order valence-corrected chi connectivity index (χ3v) is 3.74. The molecule has 0 atom stereocenters. The number of rotatable bonds is 5. The number of fused-ring (bicyclic) bond motifs is 1. The van der Waals surface area contributed by atoms with Crippen molar-refractivity contribution in [3.8, 4) is 0 Å². The van der Waals surface area contributed by atoms with Gasteiger partial charge in [0.1, 0.15) is 17.9 Å². The molecule has 3 aromatic rings. The molecule has 0 bridgehead atoms. The Kier molecular flexibility index (Phi) is 4.00. The second-order valence-electron chi connectivity index (χ2n) is 5.59. The van der Waals surface area contributed by atoms with Crippen molar-refractivity contribution in [1.29, 1.82) is 0 Å². The number of aromatic nitrogens is 2. The van der Waals surface area contributed by atoms with E-state index in [1.807, 2.05) is 50.0 Å². The lowest BCUT2D eigenvalue weighted by atomic mass is 10.1. The van der Waals surface area contributed by atoms with Gasteiger partial charge in [-0.1, -0.05) is 24.3 Å². The third-order valence-electron chi connectivity index (χ3n) is 3.74. The molecule has 0 aliphatic heterocycles. The average molecular weight is 295 g/mol. The highest BCUT2D eigenvalue weighted by atomic mass is 16.7. The molecule has 0 radical (unpaired) electrons. The lowest BCUT2D eigenvalue weighted by Crippen LogP contribution is -2.16. The molecule has 0 fully saturated rings. The van der Waals surface area contributed by atoms with Crippen LogP contribution in [-0.2, 0) is 6.42 Å². The van der Waals surface area contributed by atoms with Gasteiger partial charge in [-0.25, -0.2) is 4.98 Å². The van der Waals surface area contributed by atoms with Gasteiger partial charge in [-0.05, 0) is 36.8 Å². The van der Waals surface area contributed by atoms with Gasteiger partial charge in [0.05, 0.1) is 5.52 Å². The van der Waals surface area contributed by atoms with E-state index in [0.717, 1.165) is 23.3 Å². The zero-order chi connectivity index (χ0) is 15.5.